The van der Waals surface area contributed by atoms with Gasteiger partial charge in [-0.2, -0.15) is 0 Å². The van der Waals surface area contributed by atoms with Crippen LogP contribution >= 0.6 is 0 Å². The van der Waals surface area contributed by atoms with E-state index in [0.29, 0.717) is 13.1 Å². The molecule has 104 valence electrons. The summed E-state index contributed by atoms with van der Waals surface area (Å²) in [6.07, 6.45) is 4.86. The second-order valence-electron chi connectivity index (χ2n) is 5.55. The zero-order valence-corrected chi connectivity index (χ0v) is 11.9. The van der Waals surface area contributed by atoms with Crippen LogP contribution in [-0.2, 0) is 16.4 Å². The van der Waals surface area contributed by atoms with Crippen molar-refractivity contribution in [2.24, 2.45) is 0 Å². The molecule has 0 unspecified atom stereocenters. The number of rotatable bonds is 1. The molecule has 1 saturated heterocycles. The van der Waals surface area contributed by atoms with E-state index in [0.717, 1.165) is 31.4 Å². The first-order valence-corrected chi connectivity index (χ1v) is 8.55. The summed E-state index contributed by atoms with van der Waals surface area (Å²) < 4.78 is 30.8. The van der Waals surface area contributed by atoms with E-state index < -0.39 is 10.0 Å². The molecule has 0 bridgehead atoms. The van der Waals surface area contributed by atoms with Gasteiger partial charge in [-0.05, 0) is 24.5 Å². The smallest absolute Gasteiger partial charge is 0.211 e. The summed E-state index contributed by atoms with van der Waals surface area (Å²) in [7, 11) is -3.06. The van der Waals surface area contributed by atoms with E-state index in [1.807, 2.05) is 18.2 Å². The van der Waals surface area contributed by atoms with Crippen LogP contribution in [0.2, 0.25) is 0 Å². The Hall–Kier alpha value is -1.07. The lowest BCUT2D eigenvalue weighted by molar-refractivity contribution is 0.00193. The first-order valence-electron chi connectivity index (χ1n) is 6.71. The molecule has 1 fully saturated rings. The standard InChI is InChI=1S/C14H19NO3S/c1-19(16,17)15-10-8-14(9-11-15)7-6-12-4-2-3-5-13(12)18-14/h2-5H,6-11H2,1H3. The summed E-state index contributed by atoms with van der Waals surface area (Å²) in [5.41, 5.74) is 1.11. The number of nitrogens with zero attached hydrogens (tertiary/aromatic N) is 1. The van der Waals surface area contributed by atoms with Gasteiger partial charge in [0, 0.05) is 25.9 Å². The zero-order chi connectivity index (χ0) is 13.5. The molecule has 2 heterocycles. The largest absolute Gasteiger partial charge is 0.487 e. The van der Waals surface area contributed by atoms with E-state index in [4.69, 9.17) is 4.74 Å². The van der Waals surface area contributed by atoms with Gasteiger partial charge in [-0.3, -0.25) is 0 Å². The SMILES string of the molecule is CS(=O)(=O)N1CCC2(CCc3ccccc3O2)CC1. The van der Waals surface area contributed by atoms with Crippen LogP contribution in [0.15, 0.2) is 24.3 Å². The number of ether oxygens (including phenoxy) is 1. The zero-order valence-electron chi connectivity index (χ0n) is 11.1. The highest BCUT2D eigenvalue weighted by Crippen LogP contribution is 2.39. The molecule has 2 aliphatic rings. The number of hydrogen-bond acceptors (Lipinski definition) is 3. The minimum atomic E-state index is -3.06. The van der Waals surface area contributed by atoms with Crippen molar-refractivity contribution in [3.05, 3.63) is 29.8 Å². The first-order chi connectivity index (χ1) is 8.99. The molecule has 0 aliphatic carbocycles. The Bertz CT molecular complexity index is 574. The predicted octanol–water partition coefficient (Wildman–Crippen LogP) is 1.81. The van der Waals surface area contributed by atoms with Crippen molar-refractivity contribution in [2.45, 2.75) is 31.3 Å². The molecule has 19 heavy (non-hydrogen) atoms. The number of para-hydroxylation sites is 1. The summed E-state index contributed by atoms with van der Waals surface area (Å²) in [5.74, 6) is 0.974. The second kappa shape index (κ2) is 4.49. The molecule has 1 spiro atoms. The molecule has 1 aromatic rings. The van der Waals surface area contributed by atoms with Crippen LogP contribution < -0.4 is 4.74 Å². The Morgan fingerprint density at radius 2 is 1.84 bits per heavy atom. The maximum absolute atomic E-state index is 11.5. The van der Waals surface area contributed by atoms with E-state index in [-0.39, 0.29) is 5.60 Å². The lowest BCUT2D eigenvalue weighted by atomic mass is 9.84. The highest BCUT2D eigenvalue weighted by atomic mass is 32.2. The number of benzene rings is 1. The molecule has 0 amide bonds. The summed E-state index contributed by atoms with van der Waals surface area (Å²) in [5, 5.41) is 0. The van der Waals surface area contributed by atoms with Crippen LogP contribution in [0, 0.1) is 0 Å². The molecule has 0 aromatic heterocycles. The molecular formula is C14H19NO3S. The topological polar surface area (TPSA) is 46.6 Å². The summed E-state index contributed by atoms with van der Waals surface area (Å²) in [4.78, 5) is 0. The van der Waals surface area contributed by atoms with Crippen molar-refractivity contribution in [3.8, 4) is 5.75 Å². The molecule has 2 aliphatic heterocycles. The number of piperidine rings is 1. The van der Waals surface area contributed by atoms with Gasteiger partial charge in [-0.15, -0.1) is 0 Å². The van der Waals surface area contributed by atoms with Gasteiger partial charge in [0.15, 0.2) is 0 Å². The fourth-order valence-corrected chi connectivity index (χ4v) is 3.88. The van der Waals surface area contributed by atoms with Crippen molar-refractivity contribution >= 4 is 10.0 Å². The number of fused-ring (bicyclic) bond motifs is 1. The number of sulfonamides is 1. The molecule has 4 nitrogen and oxygen atoms in total. The molecule has 1 aromatic carbocycles. The molecule has 0 N–H and O–H groups in total. The van der Waals surface area contributed by atoms with E-state index in [1.165, 1.54) is 11.8 Å². The number of hydrogen-bond donors (Lipinski definition) is 0. The van der Waals surface area contributed by atoms with Crippen LogP contribution in [0.3, 0.4) is 0 Å². The Morgan fingerprint density at radius 3 is 2.53 bits per heavy atom. The van der Waals surface area contributed by atoms with E-state index in [2.05, 4.69) is 6.07 Å². The van der Waals surface area contributed by atoms with Gasteiger partial charge < -0.3 is 4.74 Å². The highest BCUT2D eigenvalue weighted by Gasteiger charge is 2.40. The van der Waals surface area contributed by atoms with Gasteiger partial charge in [-0.1, -0.05) is 18.2 Å². The van der Waals surface area contributed by atoms with Crippen LogP contribution in [0.1, 0.15) is 24.8 Å². The highest BCUT2D eigenvalue weighted by molar-refractivity contribution is 7.88. The predicted molar refractivity (Wildman–Crippen MR) is 73.8 cm³/mol. The Kier molecular flexibility index (Phi) is 3.06. The Labute approximate surface area is 114 Å². The van der Waals surface area contributed by atoms with Gasteiger partial charge in [-0.25, -0.2) is 12.7 Å². The van der Waals surface area contributed by atoms with Gasteiger partial charge in [0.1, 0.15) is 11.4 Å². The maximum atomic E-state index is 11.5. The van der Waals surface area contributed by atoms with Crippen LogP contribution in [-0.4, -0.2) is 37.7 Å². The van der Waals surface area contributed by atoms with Gasteiger partial charge in [0.05, 0.1) is 6.26 Å². The fraction of sp³-hybridized carbons (Fsp3) is 0.571. The average Bonchev–Trinajstić information content (AvgIpc) is 2.38. The van der Waals surface area contributed by atoms with Crippen LogP contribution in [0.4, 0.5) is 0 Å². The Morgan fingerprint density at radius 1 is 1.16 bits per heavy atom. The van der Waals surface area contributed by atoms with Crippen LogP contribution in [0.25, 0.3) is 0 Å². The summed E-state index contributed by atoms with van der Waals surface area (Å²) >= 11 is 0. The van der Waals surface area contributed by atoms with Gasteiger partial charge in [0.25, 0.3) is 0 Å². The van der Waals surface area contributed by atoms with Crippen molar-refractivity contribution in [2.75, 3.05) is 19.3 Å². The Balaban J connectivity index is 1.75. The molecule has 5 heteroatoms. The summed E-state index contributed by atoms with van der Waals surface area (Å²) in [6, 6.07) is 8.14. The van der Waals surface area contributed by atoms with E-state index >= 15 is 0 Å². The third-order valence-corrected chi connectivity index (χ3v) is 5.55. The minimum absolute atomic E-state index is 0.157. The molecule has 3 rings (SSSR count). The molecule has 0 saturated carbocycles. The molecule has 0 radical (unpaired) electrons. The second-order valence-corrected chi connectivity index (χ2v) is 7.54. The van der Waals surface area contributed by atoms with Gasteiger partial charge >= 0.3 is 0 Å². The number of aryl methyl sites for hydroxylation is 1. The quantitative estimate of drug-likeness (QED) is 0.788. The monoisotopic (exact) mass is 281 g/mol. The average molecular weight is 281 g/mol. The maximum Gasteiger partial charge on any atom is 0.211 e. The third kappa shape index (κ3) is 2.49. The summed E-state index contributed by atoms with van der Waals surface area (Å²) in [6.45, 7) is 1.14. The lowest BCUT2D eigenvalue weighted by Gasteiger charge is -2.43. The van der Waals surface area contributed by atoms with Crippen molar-refractivity contribution in [3.63, 3.8) is 0 Å². The van der Waals surface area contributed by atoms with Crippen LogP contribution in [0.5, 0.6) is 5.75 Å². The fourth-order valence-electron chi connectivity index (χ4n) is 3.03. The molecule has 0 atom stereocenters. The van der Waals surface area contributed by atoms with Gasteiger partial charge in [0.2, 0.25) is 10.0 Å². The van der Waals surface area contributed by atoms with E-state index in [1.54, 1.807) is 4.31 Å². The van der Waals surface area contributed by atoms with Crippen molar-refractivity contribution in [1.82, 2.24) is 4.31 Å². The lowest BCUT2D eigenvalue weighted by Crippen LogP contribution is -2.50. The first kappa shape index (κ1) is 12.9. The van der Waals surface area contributed by atoms with Crippen molar-refractivity contribution < 1.29 is 13.2 Å². The molecular weight excluding hydrogens is 262 g/mol. The minimum Gasteiger partial charge on any atom is -0.487 e. The third-order valence-electron chi connectivity index (χ3n) is 4.25. The normalized spacial score (nSPS) is 22.8. The van der Waals surface area contributed by atoms with E-state index in [9.17, 15) is 8.42 Å². The van der Waals surface area contributed by atoms with Crippen molar-refractivity contribution in [1.29, 1.82) is 0 Å².